The van der Waals surface area contributed by atoms with Crippen molar-refractivity contribution in [1.82, 2.24) is 0 Å². The second-order valence-electron chi connectivity index (χ2n) is 10.5. The summed E-state index contributed by atoms with van der Waals surface area (Å²) in [6.07, 6.45) is 10.4. The zero-order valence-corrected chi connectivity index (χ0v) is 22.1. The average molecular weight is 479 g/mol. The average Bonchev–Trinajstić information content (AvgIpc) is 2.86. The maximum absolute atomic E-state index is 12.4. The van der Waals surface area contributed by atoms with Crippen LogP contribution in [0, 0.1) is 11.8 Å². The Morgan fingerprint density at radius 3 is 2.11 bits per heavy atom. The second-order valence-corrected chi connectivity index (χ2v) is 10.5. The minimum absolute atomic E-state index is 0.0900. The molecule has 1 saturated carbocycles. The minimum Gasteiger partial charge on any atom is -0.489 e. The van der Waals surface area contributed by atoms with Crippen molar-refractivity contribution in [2.75, 3.05) is 6.61 Å². The van der Waals surface area contributed by atoms with E-state index in [1.807, 2.05) is 38.1 Å². The first-order valence-corrected chi connectivity index (χ1v) is 13.1. The molecule has 1 aliphatic carbocycles. The molecule has 0 aliphatic heterocycles. The molecular formula is C31H42O4. The highest BCUT2D eigenvalue weighted by molar-refractivity contribution is 5.71. The van der Waals surface area contributed by atoms with Gasteiger partial charge in [0.2, 0.25) is 0 Å². The van der Waals surface area contributed by atoms with Crippen LogP contribution in [-0.4, -0.2) is 18.2 Å². The van der Waals surface area contributed by atoms with Crippen LogP contribution >= 0.6 is 0 Å². The molecule has 0 saturated heterocycles. The van der Waals surface area contributed by atoms with Gasteiger partial charge in [-0.05, 0) is 80.8 Å². The number of carbonyl (C=O) groups is 1. The van der Waals surface area contributed by atoms with Gasteiger partial charge in [0.05, 0.1) is 0 Å². The molecule has 1 atom stereocenters. The Balaban J connectivity index is 1.45. The van der Waals surface area contributed by atoms with E-state index in [1.165, 1.54) is 24.8 Å². The van der Waals surface area contributed by atoms with Crippen LogP contribution in [0.1, 0.15) is 83.8 Å². The van der Waals surface area contributed by atoms with E-state index >= 15 is 0 Å². The monoisotopic (exact) mass is 478 g/mol. The van der Waals surface area contributed by atoms with Gasteiger partial charge in [0, 0.05) is 5.92 Å². The summed E-state index contributed by atoms with van der Waals surface area (Å²) in [5.41, 5.74) is 2.00. The molecule has 190 valence electrons. The van der Waals surface area contributed by atoms with Crippen LogP contribution in [0.25, 0.3) is 0 Å². The summed E-state index contributed by atoms with van der Waals surface area (Å²) in [6.45, 7) is 11.0. The molecular weight excluding hydrogens is 436 g/mol. The van der Waals surface area contributed by atoms with Crippen LogP contribution < -0.4 is 9.47 Å². The smallest absolute Gasteiger partial charge is 0.344 e. The summed E-state index contributed by atoms with van der Waals surface area (Å²) in [5, 5.41) is 0. The summed E-state index contributed by atoms with van der Waals surface area (Å²) in [4.78, 5) is 12.4. The molecule has 1 unspecified atom stereocenters. The molecule has 2 aromatic carbocycles. The molecule has 4 heteroatoms. The predicted octanol–water partition coefficient (Wildman–Crippen LogP) is 7.86. The van der Waals surface area contributed by atoms with Crippen LogP contribution in [0.3, 0.4) is 0 Å². The lowest BCUT2D eigenvalue weighted by atomic mass is 9.79. The first-order valence-electron chi connectivity index (χ1n) is 13.1. The summed E-state index contributed by atoms with van der Waals surface area (Å²) < 4.78 is 17.4. The second kappa shape index (κ2) is 12.8. The van der Waals surface area contributed by atoms with E-state index in [-0.39, 0.29) is 12.6 Å². The third-order valence-corrected chi connectivity index (χ3v) is 7.03. The molecule has 0 aromatic heterocycles. The number of ether oxygens (including phenoxy) is 3. The van der Waals surface area contributed by atoms with Gasteiger partial charge in [-0.25, -0.2) is 4.79 Å². The number of allylic oxidation sites excluding steroid dienone is 2. The molecule has 0 bridgehead atoms. The highest BCUT2D eigenvalue weighted by atomic mass is 16.6. The van der Waals surface area contributed by atoms with Crippen molar-refractivity contribution in [3.63, 3.8) is 0 Å². The van der Waals surface area contributed by atoms with Crippen LogP contribution in [0.2, 0.25) is 0 Å². The maximum atomic E-state index is 12.4. The van der Waals surface area contributed by atoms with Crippen molar-refractivity contribution in [3.05, 3.63) is 71.8 Å². The Morgan fingerprint density at radius 1 is 0.943 bits per heavy atom. The van der Waals surface area contributed by atoms with Crippen LogP contribution in [0.5, 0.6) is 11.5 Å². The van der Waals surface area contributed by atoms with Crippen LogP contribution in [0.4, 0.5) is 0 Å². The third-order valence-electron chi connectivity index (χ3n) is 7.03. The number of hydrogen-bond acceptors (Lipinski definition) is 4. The number of carbonyl (C=O) groups excluding carboxylic acids is 1. The number of hydrogen-bond donors (Lipinski definition) is 0. The van der Waals surface area contributed by atoms with Gasteiger partial charge < -0.3 is 14.2 Å². The van der Waals surface area contributed by atoms with Gasteiger partial charge in [-0.1, -0.05) is 69.5 Å². The topological polar surface area (TPSA) is 44.8 Å². The predicted molar refractivity (Wildman–Crippen MR) is 142 cm³/mol. The van der Waals surface area contributed by atoms with Gasteiger partial charge in [-0.2, -0.15) is 0 Å². The van der Waals surface area contributed by atoms with Gasteiger partial charge in [0.25, 0.3) is 0 Å². The fourth-order valence-electron chi connectivity index (χ4n) is 4.91. The molecule has 0 amide bonds. The fraction of sp³-hybridized carbons (Fsp3) is 0.516. The Morgan fingerprint density at radius 2 is 1.54 bits per heavy atom. The number of rotatable bonds is 11. The normalized spacial score (nSPS) is 15.8. The maximum Gasteiger partial charge on any atom is 0.344 e. The van der Waals surface area contributed by atoms with E-state index in [0.717, 1.165) is 24.2 Å². The molecule has 1 fully saturated rings. The van der Waals surface area contributed by atoms with Crippen molar-refractivity contribution in [2.24, 2.45) is 11.8 Å². The first-order chi connectivity index (χ1) is 16.8. The van der Waals surface area contributed by atoms with E-state index in [4.69, 9.17) is 14.2 Å². The molecule has 2 aromatic rings. The van der Waals surface area contributed by atoms with Gasteiger partial charge in [0.1, 0.15) is 23.7 Å². The summed E-state index contributed by atoms with van der Waals surface area (Å²) in [5.74, 6) is 2.47. The van der Waals surface area contributed by atoms with E-state index in [9.17, 15) is 4.79 Å². The number of benzene rings is 2. The highest BCUT2D eigenvalue weighted by Crippen LogP contribution is 2.35. The zero-order valence-electron chi connectivity index (χ0n) is 22.1. The van der Waals surface area contributed by atoms with E-state index in [2.05, 4.69) is 57.2 Å². The molecule has 1 aliphatic rings. The van der Waals surface area contributed by atoms with Gasteiger partial charge >= 0.3 is 5.97 Å². The van der Waals surface area contributed by atoms with Crippen molar-refractivity contribution in [2.45, 2.75) is 84.8 Å². The molecule has 0 heterocycles. The molecule has 0 spiro atoms. The van der Waals surface area contributed by atoms with Crippen LogP contribution in [0.15, 0.2) is 60.7 Å². The lowest BCUT2D eigenvalue weighted by molar-refractivity contribution is -0.165. The highest BCUT2D eigenvalue weighted by Gasteiger charge is 2.34. The molecule has 4 nitrogen and oxygen atoms in total. The third kappa shape index (κ3) is 8.16. The van der Waals surface area contributed by atoms with Crippen molar-refractivity contribution >= 4 is 5.97 Å². The van der Waals surface area contributed by atoms with E-state index < -0.39 is 5.60 Å². The van der Waals surface area contributed by atoms with E-state index in [0.29, 0.717) is 30.1 Å². The zero-order chi connectivity index (χ0) is 25.3. The van der Waals surface area contributed by atoms with Gasteiger partial charge in [0.15, 0.2) is 6.61 Å². The minimum atomic E-state index is -0.445. The SMILES string of the molecule is C/C=C\C(c1ccc(COc2ccc(OCC(=O)OC(C)(C)C3CCCCC3)cc2)cc1)C(C)C. The van der Waals surface area contributed by atoms with Crippen molar-refractivity contribution < 1.29 is 19.0 Å². The fourth-order valence-corrected chi connectivity index (χ4v) is 4.91. The van der Waals surface area contributed by atoms with Crippen molar-refractivity contribution in [3.8, 4) is 11.5 Å². The largest absolute Gasteiger partial charge is 0.489 e. The van der Waals surface area contributed by atoms with Crippen LogP contribution in [-0.2, 0) is 16.1 Å². The number of esters is 1. The molecule has 0 radical (unpaired) electrons. The Kier molecular flexibility index (Phi) is 9.83. The molecule has 35 heavy (non-hydrogen) atoms. The van der Waals surface area contributed by atoms with E-state index in [1.54, 1.807) is 0 Å². The quantitative estimate of drug-likeness (QED) is 0.243. The summed E-state index contributed by atoms with van der Waals surface area (Å²) in [6, 6.07) is 16.0. The van der Waals surface area contributed by atoms with Crippen molar-refractivity contribution in [1.29, 1.82) is 0 Å². The summed E-state index contributed by atoms with van der Waals surface area (Å²) >= 11 is 0. The Hall–Kier alpha value is -2.75. The standard InChI is InChI=1S/C31H42O4/c1-6-10-29(23(2)3)25-15-13-24(14-16-25)21-33-27-17-19-28(20-18-27)34-22-30(32)35-31(4,5)26-11-8-7-9-12-26/h6,10,13-20,23,26,29H,7-9,11-12,21-22H2,1-5H3/b10-6-. The molecule has 3 rings (SSSR count). The summed E-state index contributed by atoms with van der Waals surface area (Å²) in [7, 11) is 0. The molecule has 0 N–H and O–H groups in total. The Labute approximate surface area is 211 Å². The Bertz CT molecular complexity index is 935. The van der Waals surface area contributed by atoms with Gasteiger partial charge in [-0.3, -0.25) is 0 Å². The lowest BCUT2D eigenvalue weighted by Crippen LogP contribution is -2.39. The first kappa shape index (κ1) is 26.8. The lowest BCUT2D eigenvalue weighted by Gasteiger charge is -2.36. The van der Waals surface area contributed by atoms with Gasteiger partial charge in [-0.15, -0.1) is 0 Å².